The molecule has 0 bridgehead atoms. The summed E-state index contributed by atoms with van der Waals surface area (Å²) in [4.78, 5) is 14.0. The van der Waals surface area contributed by atoms with Crippen LogP contribution in [0.3, 0.4) is 0 Å². The first-order valence-corrected chi connectivity index (χ1v) is 11.7. The van der Waals surface area contributed by atoms with Crippen molar-refractivity contribution in [2.45, 2.75) is 50.6 Å². The Morgan fingerprint density at radius 1 is 1.14 bits per heavy atom. The highest BCUT2D eigenvalue weighted by Crippen LogP contribution is 2.28. The minimum atomic E-state index is 0. The highest BCUT2D eigenvalue weighted by atomic mass is 127. The number of piperidine rings is 1. The van der Waals surface area contributed by atoms with Gasteiger partial charge in [-0.05, 0) is 69.7 Å². The van der Waals surface area contributed by atoms with Crippen molar-refractivity contribution >= 4 is 41.3 Å². The standard InChI is InChI=1S/C21H35N5S.HI/c1-22-21(26-14-9-18(17-26)24-10-3-2-4-11-24)23-16-19(20-8-7-15-27-20)25-12-5-6-13-25;/h7-8,15,18-19H,2-6,9-14,16-17H2,1H3,(H,22,23);1H. The zero-order valence-electron chi connectivity index (χ0n) is 17.2. The van der Waals surface area contributed by atoms with E-state index in [0.29, 0.717) is 6.04 Å². The molecule has 7 heteroatoms. The average molecular weight is 518 g/mol. The zero-order valence-corrected chi connectivity index (χ0v) is 20.3. The fourth-order valence-electron chi connectivity index (χ4n) is 4.98. The monoisotopic (exact) mass is 517 g/mol. The molecule has 4 heterocycles. The fourth-order valence-corrected chi connectivity index (χ4v) is 5.84. The van der Waals surface area contributed by atoms with Crippen LogP contribution in [0.25, 0.3) is 0 Å². The van der Waals surface area contributed by atoms with E-state index >= 15 is 0 Å². The van der Waals surface area contributed by atoms with E-state index in [1.807, 2.05) is 18.4 Å². The molecule has 28 heavy (non-hydrogen) atoms. The quantitative estimate of drug-likeness (QED) is 0.368. The average Bonchev–Trinajstić information content (AvgIpc) is 3.49. The van der Waals surface area contributed by atoms with E-state index in [-0.39, 0.29) is 24.0 Å². The van der Waals surface area contributed by atoms with Crippen molar-refractivity contribution in [1.29, 1.82) is 0 Å². The molecular weight excluding hydrogens is 481 g/mol. The van der Waals surface area contributed by atoms with Crippen LogP contribution < -0.4 is 5.32 Å². The molecule has 0 aliphatic carbocycles. The molecule has 0 spiro atoms. The third-order valence-electron chi connectivity index (χ3n) is 6.49. The van der Waals surface area contributed by atoms with Crippen LogP contribution in [0, 0.1) is 0 Å². The number of rotatable bonds is 5. The highest BCUT2D eigenvalue weighted by molar-refractivity contribution is 14.0. The Bertz CT molecular complexity index is 596. The fraction of sp³-hybridized carbons (Fsp3) is 0.762. The van der Waals surface area contributed by atoms with Crippen molar-refractivity contribution in [2.75, 3.05) is 52.9 Å². The van der Waals surface area contributed by atoms with Gasteiger partial charge in [0.1, 0.15) is 0 Å². The Kier molecular flexibility index (Phi) is 8.87. The Hall–Kier alpha value is -0.380. The van der Waals surface area contributed by atoms with Gasteiger partial charge in [-0.15, -0.1) is 35.3 Å². The predicted octanol–water partition coefficient (Wildman–Crippen LogP) is 3.64. The topological polar surface area (TPSA) is 34.1 Å². The van der Waals surface area contributed by atoms with Gasteiger partial charge in [0.2, 0.25) is 0 Å². The summed E-state index contributed by atoms with van der Waals surface area (Å²) in [5, 5.41) is 5.93. The molecule has 2 unspecified atom stereocenters. The molecule has 3 aliphatic heterocycles. The lowest BCUT2D eigenvalue weighted by molar-refractivity contribution is 0.168. The molecular formula is C21H36IN5S. The van der Waals surface area contributed by atoms with E-state index in [4.69, 9.17) is 0 Å². The summed E-state index contributed by atoms with van der Waals surface area (Å²) in [6.07, 6.45) is 8.11. The summed E-state index contributed by atoms with van der Waals surface area (Å²) in [7, 11) is 1.94. The van der Waals surface area contributed by atoms with Crippen LogP contribution in [0.15, 0.2) is 22.5 Å². The van der Waals surface area contributed by atoms with Crippen molar-refractivity contribution in [3.8, 4) is 0 Å². The van der Waals surface area contributed by atoms with Crippen molar-refractivity contribution in [1.82, 2.24) is 20.0 Å². The first kappa shape index (κ1) is 22.3. The first-order valence-electron chi connectivity index (χ1n) is 10.8. The Morgan fingerprint density at radius 2 is 1.89 bits per heavy atom. The van der Waals surface area contributed by atoms with Crippen LogP contribution in [0.2, 0.25) is 0 Å². The lowest BCUT2D eigenvalue weighted by Crippen LogP contribution is -2.46. The van der Waals surface area contributed by atoms with Gasteiger partial charge in [0.05, 0.1) is 6.04 Å². The van der Waals surface area contributed by atoms with Crippen LogP contribution >= 0.6 is 35.3 Å². The second kappa shape index (κ2) is 11.1. The third kappa shape index (κ3) is 5.40. The maximum absolute atomic E-state index is 4.63. The van der Waals surface area contributed by atoms with Gasteiger partial charge in [0.25, 0.3) is 0 Å². The van der Waals surface area contributed by atoms with E-state index in [2.05, 4.69) is 42.5 Å². The third-order valence-corrected chi connectivity index (χ3v) is 7.46. The molecule has 1 N–H and O–H groups in total. The Morgan fingerprint density at radius 3 is 2.57 bits per heavy atom. The van der Waals surface area contributed by atoms with Gasteiger partial charge >= 0.3 is 0 Å². The van der Waals surface area contributed by atoms with E-state index < -0.39 is 0 Å². The molecule has 3 saturated heterocycles. The maximum Gasteiger partial charge on any atom is 0.193 e. The normalized spacial score (nSPS) is 25.7. The van der Waals surface area contributed by atoms with E-state index in [9.17, 15) is 0 Å². The first-order chi connectivity index (χ1) is 13.3. The van der Waals surface area contributed by atoms with Gasteiger partial charge in [-0.1, -0.05) is 12.5 Å². The van der Waals surface area contributed by atoms with Crippen LogP contribution in [0.5, 0.6) is 0 Å². The summed E-state index contributed by atoms with van der Waals surface area (Å²) in [5.41, 5.74) is 0. The summed E-state index contributed by atoms with van der Waals surface area (Å²) < 4.78 is 0. The smallest absolute Gasteiger partial charge is 0.193 e. The molecule has 158 valence electrons. The zero-order chi connectivity index (χ0) is 18.5. The Labute approximate surface area is 191 Å². The molecule has 3 fully saturated rings. The molecule has 5 nitrogen and oxygen atoms in total. The molecule has 0 saturated carbocycles. The predicted molar refractivity (Wildman–Crippen MR) is 130 cm³/mol. The summed E-state index contributed by atoms with van der Waals surface area (Å²) in [6.45, 7) is 8.26. The second-order valence-electron chi connectivity index (χ2n) is 8.19. The number of nitrogens with zero attached hydrogens (tertiary/aromatic N) is 4. The number of hydrogen-bond donors (Lipinski definition) is 1. The molecule has 1 aromatic rings. The summed E-state index contributed by atoms with van der Waals surface area (Å²) in [6, 6.07) is 5.67. The summed E-state index contributed by atoms with van der Waals surface area (Å²) >= 11 is 1.89. The van der Waals surface area contributed by atoms with Gasteiger partial charge in [-0.3, -0.25) is 14.8 Å². The van der Waals surface area contributed by atoms with Gasteiger partial charge < -0.3 is 10.2 Å². The lowest BCUT2D eigenvalue weighted by atomic mass is 10.1. The number of halogens is 1. The van der Waals surface area contributed by atoms with Crippen molar-refractivity contribution < 1.29 is 0 Å². The molecule has 0 aromatic carbocycles. The minimum absolute atomic E-state index is 0. The number of nitrogens with one attached hydrogen (secondary N) is 1. The molecule has 2 atom stereocenters. The van der Waals surface area contributed by atoms with Crippen LogP contribution in [0.1, 0.15) is 49.4 Å². The SMILES string of the molecule is CN=C(NCC(c1cccs1)N1CCCC1)N1CCC(N2CCCCC2)C1.I. The van der Waals surface area contributed by atoms with Gasteiger partial charge in [0, 0.05) is 37.6 Å². The largest absolute Gasteiger partial charge is 0.354 e. The van der Waals surface area contributed by atoms with Crippen LogP contribution in [0.4, 0.5) is 0 Å². The van der Waals surface area contributed by atoms with E-state index in [1.165, 1.54) is 69.6 Å². The van der Waals surface area contributed by atoms with Crippen LogP contribution in [-0.4, -0.2) is 79.6 Å². The number of likely N-dealkylation sites (tertiary alicyclic amines) is 3. The van der Waals surface area contributed by atoms with Gasteiger partial charge in [-0.25, -0.2) is 0 Å². The van der Waals surface area contributed by atoms with E-state index in [0.717, 1.165) is 31.6 Å². The minimum Gasteiger partial charge on any atom is -0.354 e. The molecule has 1 aromatic heterocycles. The maximum atomic E-state index is 4.63. The van der Waals surface area contributed by atoms with E-state index in [1.54, 1.807) is 0 Å². The van der Waals surface area contributed by atoms with Crippen LogP contribution in [-0.2, 0) is 0 Å². The van der Waals surface area contributed by atoms with Crippen molar-refractivity contribution in [3.63, 3.8) is 0 Å². The summed E-state index contributed by atoms with van der Waals surface area (Å²) in [5.74, 6) is 1.09. The number of hydrogen-bond acceptors (Lipinski definition) is 4. The molecule has 0 amide bonds. The highest BCUT2D eigenvalue weighted by Gasteiger charge is 2.31. The van der Waals surface area contributed by atoms with Gasteiger partial charge in [-0.2, -0.15) is 0 Å². The molecule has 4 rings (SSSR count). The lowest BCUT2D eigenvalue weighted by Gasteiger charge is -2.33. The number of thiophene rings is 1. The number of guanidine groups is 1. The molecule has 3 aliphatic rings. The van der Waals surface area contributed by atoms with Crippen molar-refractivity contribution in [2.24, 2.45) is 4.99 Å². The number of aliphatic imine (C=N–C) groups is 1. The van der Waals surface area contributed by atoms with Gasteiger partial charge in [0.15, 0.2) is 5.96 Å². The second-order valence-corrected chi connectivity index (χ2v) is 9.17. The Balaban J connectivity index is 0.00000225. The van der Waals surface area contributed by atoms with Crippen molar-refractivity contribution in [3.05, 3.63) is 22.4 Å². The molecule has 0 radical (unpaired) electrons.